The van der Waals surface area contributed by atoms with E-state index >= 15 is 0 Å². The first-order valence-electron chi connectivity index (χ1n) is 14.6. The van der Waals surface area contributed by atoms with Gasteiger partial charge in [0.05, 0.1) is 53.2 Å². The maximum absolute atomic E-state index is 11.9. The lowest BCUT2D eigenvalue weighted by Crippen LogP contribution is -2.47. The fraction of sp³-hybridized carbons (Fsp3) is 0.455. The molecular formula is C33H36O11. The highest BCUT2D eigenvalue weighted by Crippen LogP contribution is 2.53. The second-order valence-electron chi connectivity index (χ2n) is 11.4. The van der Waals surface area contributed by atoms with Crippen LogP contribution in [0.4, 0.5) is 0 Å². The number of fused-ring (bicyclic) bond motifs is 3. The van der Waals surface area contributed by atoms with Crippen molar-refractivity contribution in [2.45, 2.75) is 30.5 Å². The van der Waals surface area contributed by atoms with Gasteiger partial charge < -0.3 is 52.5 Å². The highest BCUT2D eigenvalue weighted by molar-refractivity contribution is 5.53. The van der Waals surface area contributed by atoms with Crippen LogP contribution in [-0.4, -0.2) is 72.1 Å². The summed E-state index contributed by atoms with van der Waals surface area (Å²) < 4.78 is 58.7. The van der Waals surface area contributed by atoms with Gasteiger partial charge in [0.1, 0.15) is 17.6 Å². The largest absolute Gasteiger partial charge is 0.496 e. The monoisotopic (exact) mass is 608 g/mol. The van der Waals surface area contributed by atoms with E-state index < -0.39 is 23.9 Å². The van der Waals surface area contributed by atoms with E-state index in [1.807, 2.05) is 24.3 Å². The van der Waals surface area contributed by atoms with Crippen molar-refractivity contribution >= 4 is 0 Å². The Balaban J connectivity index is 1.17. The van der Waals surface area contributed by atoms with Crippen molar-refractivity contribution in [1.29, 1.82) is 0 Å². The van der Waals surface area contributed by atoms with E-state index in [2.05, 4.69) is 6.07 Å². The van der Waals surface area contributed by atoms with E-state index in [9.17, 15) is 5.11 Å². The molecule has 0 amide bonds. The summed E-state index contributed by atoms with van der Waals surface area (Å²) in [6, 6.07) is 15.2. The quantitative estimate of drug-likeness (QED) is 0.377. The Hall–Kier alpha value is -3.90. The Morgan fingerprint density at radius 2 is 1.61 bits per heavy atom. The third-order valence-electron chi connectivity index (χ3n) is 8.93. The number of ether oxygens (including phenoxy) is 10. The first kappa shape index (κ1) is 28.8. The minimum atomic E-state index is -1.42. The van der Waals surface area contributed by atoms with Gasteiger partial charge in [-0.05, 0) is 47.9 Å². The van der Waals surface area contributed by atoms with Crippen molar-refractivity contribution in [2.24, 2.45) is 11.8 Å². The Morgan fingerprint density at radius 3 is 2.36 bits per heavy atom. The standard InChI is InChI=1S/C33H36O11/c1-35-14-20-10-19-11-21(27(38-4)13-26(19)43-29(20)18-8-9-23-28(12-18)42-17-41-23)30-22-15-39-32(33(22,34)16-40-30)44-31-24(36-2)6-5-7-25(31)37-3/h5-9,11-13,20,22,29-30,32,34H,10,14-17H2,1-4H3/t20?,22-,29?,30-,32-,33-/m1/s1. The molecule has 0 aromatic heterocycles. The third-order valence-corrected chi connectivity index (χ3v) is 8.93. The molecular weight excluding hydrogens is 572 g/mol. The van der Waals surface area contributed by atoms with Gasteiger partial charge in [0.15, 0.2) is 28.6 Å². The van der Waals surface area contributed by atoms with E-state index in [0.717, 1.165) is 28.2 Å². The Morgan fingerprint density at radius 1 is 0.841 bits per heavy atom. The summed E-state index contributed by atoms with van der Waals surface area (Å²) in [6.07, 6.45) is -1.05. The molecule has 11 heteroatoms. The van der Waals surface area contributed by atoms with Crippen LogP contribution >= 0.6 is 0 Å². The van der Waals surface area contributed by atoms with Crippen molar-refractivity contribution in [3.63, 3.8) is 0 Å². The lowest BCUT2D eigenvalue weighted by atomic mass is 9.83. The third kappa shape index (κ3) is 4.75. The summed E-state index contributed by atoms with van der Waals surface area (Å²) in [6.45, 7) is 0.945. The average Bonchev–Trinajstić information content (AvgIpc) is 3.74. The first-order chi connectivity index (χ1) is 21.5. The molecule has 7 rings (SSSR count). The van der Waals surface area contributed by atoms with Crippen molar-refractivity contribution in [3.8, 4) is 40.2 Å². The summed E-state index contributed by atoms with van der Waals surface area (Å²) in [7, 11) is 6.40. The highest BCUT2D eigenvalue weighted by atomic mass is 16.7. The van der Waals surface area contributed by atoms with Gasteiger partial charge in [-0.3, -0.25) is 0 Å². The number of methoxy groups -OCH3 is 4. The van der Waals surface area contributed by atoms with E-state index in [1.54, 1.807) is 46.6 Å². The maximum atomic E-state index is 11.9. The van der Waals surface area contributed by atoms with Crippen LogP contribution in [0, 0.1) is 11.8 Å². The number of para-hydroxylation sites is 1. The molecule has 3 aromatic rings. The molecule has 4 heterocycles. The molecule has 0 bridgehead atoms. The van der Waals surface area contributed by atoms with Gasteiger partial charge in [0.25, 0.3) is 0 Å². The van der Waals surface area contributed by atoms with Crippen LogP contribution in [0.2, 0.25) is 0 Å². The minimum absolute atomic E-state index is 0.0136. The lowest BCUT2D eigenvalue weighted by molar-refractivity contribution is -0.153. The van der Waals surface area contributed by atoms with Gasteiger partial charge >= 0.3 is 0 Å². The molecule has 0 radical (unpaired) electrons. The molecule has 234 valence electrons. The molecule has 11 nitrogen and oxygen atoms in total. The number of hydrogen-bond acceptors (Lipinski definition) is 11. The Kier molecular flexibility index (Phi) is 7.57. The zero-order valence-electron chi connectivity index (χ0n) is 25.1. The van der Waals surface area contributed by atoms with Gasteiger partial charge in [-0.2, -0.15) is 0 Å². The van der Waals surface area contributed by atoms with Crippen LogP contribution in [0.5, 0.6) is 40.2 Å². The first-order valence-corrected chi connectivity index (χ1v) is 14.6. The van der Waals surface area contributed by atoms with Crippen LogP contribution in [0.3, 0.4) is 0 Å². The predicted molar refractivity (Wildman–Crippen MR) is 155 cm³/mol. The van der Waals surface area contributed by atoms with Crippen LogP contribution in [-0.2, 0) is 20.6 Å². The zero-order chi connectivity index (χ0) is 30.4. The number of aliphatic hydroxyl groups is 1. The highest BCUT2D eigenvalue weighted by Gasteiger charge is 2.61. The fourth-order valence-electron chi connectivity index (χ4n) is 6.71. The van der Waals surface area contributed by atoms with Gasteiger partial charge in [0.2, 0.25) is 18.8 Å². The molecule has 2 saturated heterocycles. The van der Waals surface area contributed by atoms with E-state index in [4.69, 9.17) is 47.4 Å². The van der Waals surface area contributed by atoms with Gasteiger partial charge in [-0.1, -0.05) is 12.1 Å². The molecule has 44 heavy (non-hydrogen) atoms. The number of benzene rings is 3. The minimum Gasteiger partial charge on any atom is -0.496 e. The Bertz CT molecular complexity index is 1500. The van der Waals surface area contributed by atoms with E-state index in [-0.39, 0.29) is 32.0 Å². The van der Waals surface area contributed by atoms with Crippen LogP contribution in [0.15, 0.2) is 48.5 Å². The zero-order valence-corrected chi connectivity index (χ0v) is 25.1. The van der Waals surface area contributed by atoms with Crippen LogP contribution in [0.1, 0.15) is 28.9 Å². The van der Waals surface area contributed by atoms with Crippen LogP contribution < -0.4 is 33.2 Å². The topological polar surface area (TPSA) is 113 Å². The van der Waals surface area contributed by atoms with E-state index in [0.29, 0.717) is 41.8 Å². The van der Waals surface area contributed by atoms with Crippen molar-refractivity contribution in [2.75, 3.05) is 55.1 Å². The molecule has 1 N–H and O–H groups in total. The second kappa shape index (κ2) is 11.6. The molecule has 4 aliphatic rings. The molecule has 2 fully saturated rings. The normalized spacial score (nSPS) is 28.2. The van der Waals surface area contributed by atoms with E-state index in [1.165, 1.54) is 0 Å². The molecule has 3 aromatic carbocycles. The van der Waals surface area contributed by atoms with Crippen molar-refractivity contribution < 1.29 is 52.5 Å². The van der Waals surface area contributed by atoms with Crippen molar-refractivity contribution in [1.82, 2.24) is 0 Å². The SMILES string of the molecule is COCC1Cc2cc([C@H]3OC[C@]4(O)[C@@H](Oc5c(OC)cccc5OC)OC[C@H]34)c(OC)cc2OC1c1ccc2c(c1)OCO2. The van der Waals surface area contributed by atoms with Crippen molar-refractivity contribution in [3.05, 3.63) is 65.2 Å². The molecule has 4 aliphatic heterocycles. The summed E-state index contributed by atoms with van der Waals surface area (Å²) in [5.41, 5.74) is 1.38. The van der Waals surface area contributed by atoms with Gasteiger partial charge in [0, 0.05) is 24.7 Å². The maximum Gasteiger partial charge on any atom is 0.232 e. The molecule has 6 atom stereocenters. The smallest absolute Gasteiger partial charge is 0.232 e. The Labute approximate surface area is 255 Å². The number of rotatable bonds is 9. The molecule has 2 unspecified atom stereocenters. The van der Waals surface area contributed by atoms with Crippen LogP contribution in [0.25, 0.3) is 0 Å². The lowest BCUT2D eigenvalue weighted by Gasteiger charge is -2.35. The van der Waals surface area contributed by atoms with Gasteiger partial charge in [-0.25, -0.2) is 0 Å². The summed E-state index contributed by atoms with van der Waals surface area (Å²) >= 11 is 0. The molecule has 0 saturated carbocycles. The second-order valence-corrected chi connectivity index (χ2v) is 11.4. The molecule has 0 spiro atoms. The average molecular weight is 609 g/mol. The fourth-order valence-corrected chi connectivity index (χ4v) is 6.71. The molecule has 0 aliphatic carbocycles. The predicted octanol–water partition coefficient (Wildman–Crippen LogP) is 4.23. The summed E-state index contributed by atoms with van der Waals surface area (Å²) in [5.74, 6) is 3.67. The van der Waals surface area contributed by atoms with Gasteiger partial charge in [-0.15, -0.1) is 0 Å². The summed E-state index contributed by atoms with van der Waals surface area (Å²) in [5, 5.41) is 11.9. The summed E-state index contributed by atoms with van der Waals surface area (Å²) in [4.78, 5) is 0. The number of hydrogen-bond donors (Lipinski definition) is 1.